The second-order valence-corrected chi connectivity index (χ2v) is 10.1. The summed E-state index contributed by atoms with van der Waals surface area (Å²) in [6.45, 7) is 9.95. The van der Waals surface area contributed by atoms with Gasteiger partial charge in [-0.2, -0.15) is 9.61 Å². The molecule has 0 spiro atoms. The van der Waals surface area contributed by atoms with Crippen molar-refractivity contribution in [1.82, 2.24) is 24.4 Å². The summed E-state index contributed by atoms with van der Waals surface area (Å²) in [5, 5.41) is 17.7. The number of nitrogens with zero attached hydrogens (tertiary/aromatic N) is 4. The lowest BCUT2D eigenvalue weighted by Gasteiger charge is -2.18. The van der Waals surface area contributed by atoms with Crippen LogP contribution in [0.1, 0.15) is 62.9 Å². The van der Waals surface area contributed by atoms with E-state index in [1.54, 1.807) is 11.0 Å². The summed E-state index contributed by atoms with van der Waals surface area (Å²) in [7, 11) is 0. The van der Waals surface area contributed by atoms with E-state index < -0.39 is 17.3 Å². The Labute approximate surface area is 186 Å². The molecule has 0 atom stereocenters. The van der Waals surface area contributed by atoms with Crippen LogP contribution in [0.25, 0.3) is 11.7 Å². The van der Waals surface area contributed by atoms with E-state index in [0.717, 1.165) is 19.3 Å². The Morgan fingerprint density at radius 1 is 1.34 bits per heavy atom. The molecule has 172 valence electrons. The molecular formula is C23H31N5O4. The zero-order valence-electron chi connectivity index (χ0n) is 19.1. The van der Waals surface area contributed by atoms with Crippen LogP contribution in [-0.4, -0.2) is 55.1 Å². The monoisotopic (exact) mass is 441 g/mol. The van der Waals surface area contributed by atoms with Gasteiger partial charge in [0.2, 0.25) is 11.8 Å². The molecule has 0 aromatic carbocycles. The maximum absolute atomic E-state index is 13.3. The molecule has 4 rings (SSSR count). The summed E-state index contributed by atoms with van der Waals surface area (Å²) >= 11 is 0. The van der Waals surface area contributed by atoms with Crippen LogP contribution in [0.2, 0.25) is 0 Å². The van der Waals surface area contributed by atoms with Gasteiger partial charge in [0.25, 0.3) is 11.5 Å². The molecule has 0 unspecified atom stereocenters. The summed E-state index contributed by atoms with van der Waals surface area (Å²) in [5.74, 6) is -1.07. The highest BCUT2D eigenvalue weighted by Gasteiger charge is 2.32. The summed E-state index contributed by atoms with van der Waals surface area (Å²) in [4.78, 5) is 40.4. The fourth-order valence-corrected chi connectivity index (χ4v) is 4.12. The second-order valence-electron chi connectivity index (χ2n) is 10.1. The SMILES string of the molecule is CC(C)Cn1c(=O)c(C(=O)NC2CC2)c(O)n2ncc(C=CC(=O)N3CCC(C)(C)C3)c12. The highest BCUT2D eigenvalue weighted by atomic mass is 16.3. The van der Waals surface area contributed by atoms with Crippen molar-refractivity contribution in [1.29, 1.82) is 0 Å². The Bertz CT molecular complexity index is 1150. The molecule has 2 fully saturated rings. The molecule has 1 saturated carbocycles. The van der Waals surface area contributed by atoms with E-state index in [4.69, 9.17) is 0 Å². The van der Waals surface area contributed by atoms with Gasteiger partial charge in [-0.05, 0) is 36.7 Å². The molecule has 1 aliphatic carbocycles. The smallest absolute Gasteiger partial charge is 0.270 e. The number of carbonyl (C=O) groups excluding carboxylic acids is 2. The molecule has 2 aromatic heterocycles. The fourth-order valence-electron chi connectivity index (χ4n) is 4.12. The zero-order chi connectivity index (χ0) is 23.2. The quantitative estimate of drug-likeness (QED) is 0.667. The molecule has 2 amide bonds. The summed E-state index contributed by atoms with van der Waals surface area (Å²) in [6.07, 6.45) is 7.28. The summed E-state index contributed by atoms with van der Waals surface area (Å²) in [6, 6.07) is 0.0493. The first-order valence-corrected chi connectivity index (χ1v) is 11.2. The van der Waals surface area contributed by atoms with E-state index in [0.29, 0.717) is 30.8 Å². The van der Waals surface area contributed by atoms with Crippen LogP contribution in [0.15, 0.2) is 17.1 Å². The number of aromatic hydroxyl groups is 1. The summed E-state index contributed by atoms with van der Waals surface area (Å²) in [5.41, 5.74) is 0.118. The molecular weight excluding hydrogens is 410 g/mol. The van der Waals surface area contributed by atoms with Gasteiger partial charge in [0.05, 0.1) is 6.20 Å². The van der Waals surface area contributed by atoms with E-state index in [1.807, 2.05) is 13.8 Å². The van der Waals surface area contributed by atoms with Gasteiger partial charge in [-0.15, -0.1) is 0 Å². The maximum atomic E-state index is 13.3. The Kier molecular flexibility index (Phi) is 5.60. The van der Waals surface area contributed by atoms with Crippen molar-refractivity contribution in [3.63, 3.8) is 0 Å². The van der Waals surface area contributed by atoms with Gasteiger partial charge in [0.1, 0.15) is 5.65 Å². The minimum atomic E-state index is -0.589. The predicted octanol–water partition coefficient (Wildman–Crippen LogP) is 2.02. The average Bonchev–Trinajstić information content (AvgIpc) is 3.29. The Morgan fingerprint density at radius 3 is 2.66 bits per heavy atom. The number of hydrogen-bond acceptors (Lipinski definition) is 5. The molecule has 0 bridgehead atoms. The Morgan fingerprint density at radius 2 is 2.06 bits per heavy atom. The van der Waals surface area contributed by atoms with Gasteiger partial charge in [0.15, 0.2) is 5.56 Å². The number of hydrogen-bond donors (Lipinski definition) is 2. The maximum Gasteiger partial charge on any atom is 0.270 e. The van der Waals surface area contributed by atoms with Crippen molar-refractivity contribution >= 4 is 23.5 Å². The first-order chi connectivity index (χ1) is 15.1. The highest BCUT2D eigenvalue weighted by Crippen LogP contribution is 2.29. The lowest BCUT2D eigenvalue weighted by molar-refractivity contribution is -0.125. The van der Waals surface area contributed by atoms with Gasteiger partial charge in [-0.3, -0.25) is 19.0 Å². The minimum absolute atomic E-state index is 0.0493. The molecule has 9 nitrogen and oxygen atoms in total. The average molecular weight is 442 g/mol. The van der Waals surface area contributed by atoms with E-state index in [-0.39, 0.29) is 28.8 Å². The second kappa shape index (κ2) is 8.11. The van der Waals surface area contributed by atoms with Crippen LogP contribution in [0.4, 0.5) is 0 Å². The van der Waals surface area contributed by atoms with Crippen molar-refractivity contribution in [2.24, 2.45) is 11.3 Å². The first-order valence-electron chi connectivity index (χ1n) is 11.2. The molecule has 1 aliphatic heterocycles. The molecule has 0 radical (unpaired) electrons. The first kappa shape index (κ1) is 22.1. The topological polar surface area (TPSA) is 109 Å². The predicted molar refractivity (Wildman–Crippen MR) is 120 cm³/mol. The molecule has 3 heterocycles. The van der Waals surface area contributed by atoms with Crippen LogP contribution in [0.3, 0.4) is 0 Å². The third kappa shape index (κ3) is 4.28. The van der Waals surface area contributed by atoms with Crippen LogP contribution in [0, 0.1) is 11.3 Å². The third-order valence-corrected chi connectivity index (χ3v) is 5.99. The Balaban J connectivity index is 1.74. The zero-order valence-corrected chi connectivity index (χ0v) is 19.1. The number of aromatic nitrogens is 3. The van der Waals surface area contributed by atoms with Crippen molar-refractivity contribution in [3.8, 4) is 5.88 Å². The lowest BCUT2D eigenvalue weighted by atomic mass is 9.93. The van der Waals surface area contributed by atoms with Crippen molar-refractivity contribution < 1.29 is 14.7 Å². The molecule has 2 N–H and O–H groups in total. The van der Waals surface area contributed by atoms with Gasteiger partial charge < -0.3 is 15.3 Å². The highest BCUT2D eigenvalue weighted by molar-refractivity contribution is 5.97. The van der Waals surface area contributed by atoms with E-state index >= 15 is 0 Å². The van der Waals surface area contributed by atoms with Crippen LogP contribution < -0.4 is 10.9 Å². The molecule has 32 heavy (non-hydrogen) atoms. The van der Waals surface area contributed by atoms with Gasteiger partial charge in [-0.25, -0.2) is 0 Å². The van der Waals surface area contributed by atoms with Crippen LogP contribution in [0.5, 0.6) is 5.88 Å². The van der Waals surface area contributed by atoms with Crippen molar-refractivity contribution in [2.75, 3.05) is 13.1 Å². The Hall–Kier alpha value is -3.10. The van der Waals surface area contributed by atoms with Crippen LogP contribution >= 0.6 is 0 Å². The fraction of sp³-hybridized carbons (Fsp3) is 0.565. The van der Waals surface area contributed by atoms with E-state index in [2.05, 4.69) is 24.3 Å². The van der Waals surface area contributed by atoms with E-state index in [1.165, 1.54) is 21.4 Å². The third-order valence-electron chi connectivity index (χ3n) is 5.99. The number of fused-ring (bicyclic) bond motifs is 1. The number of likely N-dealkylation sites (tertiary alicyclic amines) is 1. The molecule has 2 aromatic rings. The van der Waals surface area contributed by atoms with Crippen LogP contribution in [-0.2, 0) is 11.3 Å². The van der Waals surface area contributed by atoms with Gasteiger partial charge >= 0.3 is 0 Å². The van der Waals surface area contributed by atoms with Gasteiger partial charge in [0, 0.05) is 37.3 Å². The lowest BCUT2D eigenvalue weighted by Crippen LogP contribution is -2.36. The van der Waals surface area contributed by atoms with Gasteiger partial charge in [-0.1, -0.05) is 27.7 Å². The molecule has 2 aliphatic rings. The number of nitrogens with one attached hydrogen (secondary N) is 1. The van der Waals surface area contributed by atoms with Crippen molar-refractivity contribution in [2.45, 2.75) is 59.5 Å². The standard InChI is InChI=1S/C23H31N5O4/c1-14(2)12-27-20-15(5-8-17(29)26-10-9-23(3,4)13-26)11-24-28(20)22(32)18(21(27)31)19(30)25-16-6-7-16/h5,8,11,14,16,32H,6-7,9-10,12-13H2,1-4H3,(H,25,30). The number of amides is 2. The summed E-state index contributed by atoms with van der Waals surface area (Å²) < 4.78 is 2.66. The largest absolute Gasteiger partial charge is 0.492 e. The van der Waals surface area contributed by atoms with Crippen molar-refractivity contribution in [3.05, 3.63) is 33.8 Å². The van der Waals surface area contributed by atoms with E-state index in [9.17, 15) is 19.5 Å². The normalized spacial score (nSPS) is 18.2. The number of rotatable bonds is 6. The number of carbonyl (C=O) groups is 2. The molecule has 9 heteroatoms. The molecule has 1 saturated heterocycles. The minimum Gasteiger partial charge on any atom is -0.492 e.